The molecule has 6 rings (SSSR count). The van der Waals surface area contributed by atoms with Crippen LogP contribution in [0.3, 0.4) is 0 Å². The molecule has 8 heteroatoms. The van der Waals surface area contributed by atoms with E-state index in [1.54, 1.807) is 12.4 Å². The lowest BCUT2D eigenvalue weighted by Gasteiger charge is -2.22. The number of aromatic nitrogens is 4. The molecular formula is C38H36ClN5O2. The quantitative estimate of drug-likeness (QED) is 0.119. The molecule has 3 aromatic carbocycles. The van der Waals surface area contributed by atoms with Gasteiger partial charge in [-0.2, -0.15) is 0 Å². The average molecular weight is 630 g/mol. The summed E-state index contributed by atoms with van der Waals surface area (Å²) in [5, 5.41) is 0.680. The van der Waals surface area contributed by atoms with Gasteiger partial charge in [0.15, 0.2) is 0 Å². The van der Waals surface area contributed by atoms with Gasteiger partial charge >= 0.3 is 0 Å². The van der Waals surface area contributed by atoms with Gasteiger partial charge in [-0.05, 0) is 109 Å². The van der Waals surface area contributed by atoms with Crippen LogP contribution in [0.5, 0.6) is 17.2 Å². The van der Waals surface area contributed by atoms with Gasteiger partial charge in [0.25, 0.3) is 0 Å². The van der Waals surface area contributed by atoms with Crippen molar-refractivity contribution in [2.75, 3.05) is 18.1 Å². The first-order chi connectivity index (χ1) is 22.5. The predicted octanol–water partition coefficient (Wildman–Crippen LogP) is 9.58. The Bertz CT molecular complexity index is 1770. The zero-order valence-corrected chi connectivity index (χ0v) is 26.7. The molecule has 0 aliphatic carbocycles. The van der Waals surface area contributed by atoms with Crippen LogP contribution in [0.25, 0.3) is 16.9 Å². The van der Waals surface area contributed by atoms with E-state index >= 15 is 0 Å². The molecule has 0 fully saturated rings. The SMILES string of the molecule is CC(C)Cc1nc(-c2ccc(OCCCN(c3ccccn3)c3ccccn3)cc2)cn1-c1ccc(Oc2ccc(Cl)cc2)cc1. The Hall–Kier alpha value is -5.14. The highest BCUT2D eigenvalue weighted by atomic mass is 35.5. The first-order valence-corrected chi connectivity index (χ1v) is 15.8. The van der Waals surface area contributed by atoms with Crippen LogP contribution in [-0.4, -0.2) is 32.7 Å². The second-order valence-electron chi connectivity index (χ2n) is 11.3. The maximum absolute atomic E-state index is 6.12. The summed E-state index contributed by atoms with van der Waals surface area (Å²) < 4.78 is 14.3. The molecule has 0 saturated carbocycles. The fourth-order valence-electron chi connectivity index (χ4n) is 5.11. The van der Waals surface area contributed by atoms with Crippen LogP contribution in [0.2, 0.25) is 5.02 Å². The molecule has 0 N–H and O–H groups in total. The molecule has 0 saturated heterocycles. The molecule has 0 radical (unpaired) electrons. The molecule has 0 aliphatic rings. The van der Waals surface area contributed by atoms with Crippen molar-refractivity contribution < 1.29 is 9.47 Å². The van der Waals surface area contributed by atoms with E-state index in [-0.39, 0.29) is 0 Å². The lowest BCUT2D eigenvalue weighted by molar-refractivity contribution is 0.313. The number of pyridine rings is 2. The van der Waals surface area contributed by atoms with Crippen LogP contribution < -0.4 is 14.4 Å². The number of anilines is 2. The number of hydrogen-bond acceptors (Lipinski definition) is 6. The van der Waals surface area contributed by atoms with Crippen molar-refractivity contribution in [3.63, 3.8) is 0 Å². The van der Waals surface area contributed by atoms with Gasteiger partial charge in [0, 0.05) is 47.8 Å². The molecule has 46 heavy (non-hydrogen) atoms. The Labute approximate surface area is 275 Å². The molecule has 0 aliphatic heterocycles. The minimum Gasteiger partial charge on any atom is -0.494 e. The Kier molecular flexibility index (Phi) is 9.90. The lowest BCUT2D eigenvalue weighted by atomic mass is 10.1. The summed E-state index contributed by atoms with van der Waals surface area (Å²) in [5.74, 6) is 5.53. The number of nitrogens with zero attached hydrogens (tertiary/aromatic N) is 5. The van der Waals surface area contributed by atoms with Gasteiger partial charge in [0.05, 0.1) is 12.3 Å². The van der Waals surface area contributed by atoms with E-state index in [0.717, 1.165) is 71.0 Å². The fourth-order valence-corrected chi connectivity index (χ4v) is 5.24. The van der Waals surface area contributed by atoms with E-state index in [1.165, 1.54) is 0 Å². The zero-order valence-electron chi connectivity index (χ0n) is 26.0. The zero-order chi connectivity index (χ0) is 31.7. The van der Waals surface area contributed by atoms with Crippen molar-refractivity contribution >= 4 is 23.2 Å². The van der Waals surface area contributed by atoms with Crippen molar-refractivity contribution in [1.29, 1.82) is 0 Å². The van der Waals surface area contributed by atoms with E-state index in [2.05, 4.69) is 63.7 Å². The van der Waals surface area contributed by atoms with Crippen LogP contribution >= 0.6 is 11.6 Å². The number of hydrogen-bond donors (Lipinski definition) is 0. The fraction of sp³-hybridized carbons (Fsp3) is 0.184. The number of rotatable bonds is 13. The van der Waals surface area contributed by atoms with Crippen LogP contribution in [0.4, 0.5) is 11.6 Å². The largest absolute Gasteiger partial charge is 0.494 e. The van der Waals surface area contributed by atoms with Gasteiger partial charge in [-0.15, -0.1) is 0 Å². The molecule has 6 aromatic rings. The number of ether oxygens (including phenoxy) is 2. The maximum atomic E-state index is 6.12. The molecule has 0 bridgehead atoms. The van der Waals surface area contributed by atoms with E-state index < -0.39 is 0 Å². The van der Waals surface area contributed by atoms with E-state index in [0.29, 0.717) is 17.5 Å². The van der Waals surface area contributed by atoms with Crippen molar-refractivity contribution in [3.05, 3.63) is 139 Å². The summed E-state index contributed by atoms with van der Waals surface area (Å²) in [6.45, 7) is 5.72. The highest BCUT2D eigenvalue weighted by Crippen LogP contribution is 2.28. The van der Waals surface area contributed by atoms with Gasteiger partial charge in [-0.1, -0.05) is 37.6 Å². The third-order valence-corrected chi connectivity index (χ3v) is 7.58. The van der Waals surface area contributed by atoms with Gasteiger partial charge < -0.3 is 18.9 Å². The molecule has 232 valence electrons. The normalized spacial score (nSPS) is 11.0. The van der Waals surface area contributed by atoms with Crippen molar-refractivity contribution in [3.8, 4) is 34.2 Å². The third-order valence-electron chi connectivity index (χ3n) is 7.33. The van der Waals surface area contributed by atoms with Gasteiger partial charge in [-0.3, -0.25) is 0 Å². The summed E-state index contributed by atoms with van der Waals surface area (Å²) in [7, 11) is 0. The van der Waals surface area contributed by atoms with Gasteiger partial charge in [0.2, 0.25) is 0 Å². The molecule has 0 amide bonds. The first kappa shape index (κ1) is 30.9. The highest BCUT2D eigenvalue weighted by molar-refractivity contribution is 6.30. The first-order valence-electron chi connectivity index (χ1n) is 15.5. The maximum Gasteiger partial charge on any atom is 0.134 e. The second kappa shape index (κ2) is 14.8. The summed E-state index contributed by atoms with van der Waals surface area (Å²) in [5.41, 5.74) is 2.99. The minimum atomic E-state index is 0.462. The molecule has 0 unspecified atom stereocenters. The summed E-state index contributed by atoms with van der Waals surface area (Å²) in [6, 6.07) is 35.4. The van der Waals surface area contributed by atoms with Gasteiger partial charge in [0.1, 0.15) is 34.7 Å². The summed E-state index contributed by atoms with van der Waals surface area (Å²) in [6.07, 6.45) is 7.37. The average Bonchev–Trinajstić information content (AvgIpc) is 3.50. The minimum absolute atomic E-state index is 0.462. The monoisotopic (exact) mass is 629 g/mol. The Balaban J connectivity index is 1.10. The standard InChI is InChI=1S/C38H36ClN5O2/c1-28(2)26-38-42-35(27-44(38)31-14-20-34(21-15-31)46-33-18-12-30(39)13-19-33)29-10-16-32(17-11-29)45-25-7-24-43(36-8-3-5-22-40-36)37-9-4-6-23-41-37/h3-6,8-23,27-28H,7,24-26H2,1-2H3. The molecule has 3 aromatic heterocycles. The summed E-state index contributed by atoms with van der Waals surface area (Å²) in [4.78, 5) is 16.2. The summed E-state index contributed by atoms with van der Waals surface area (Å²) >= 11 is 6.00. The Morgan fingerprint density at radius 3 is 1.93 bits per heavy atom. The highest BCUT2D eigenvalue weighted by Gasteiger charge is 2.14. The predicted molar refractivity (Wildman–Crippen MR) is 185 cm³/mol. The van der Waals surface area contributed by atoms with E-state index in [9.17, 15) is 0 Å². The molecular weight excluding hydrogens is 594 g/mol. The van der Waals surface area contributed by atoms with Gasteiger partial charge in [-0.25, -0.2) is 15.0 Å². The van der Waals surface area contributed by atoms with Crippen molar-refractivity contribution in [2.24, 2.45) is 5.92 Å². The molecule has 0 spiro atoms. The van der Waals surface area contributed by atoms with Crippen LogP contribution in [0.15, 0.2) is 128 Å². The second-order valence-corrected chi connectivity index (χ2v) is 11.8. The van der Waals surface area contributed by atoms with E-state index in [1.807, 2.05) is 84.9 Å². The third kappa shape index (κ3) is 7.92. The van der Waals surface area contributed by atoms with Crippen LogP contribution in [0.1, 0.15) is 26.1 Å². The van der Waals surface area contributed by atoms with Crippen LogP contribution in [-0.2, 0) is 6.42 Å². The number of halogens is 1. The van der Waals surface area contributed by atoms with Crippen molar-refractivity contribution in [2.45, 2.75) is 26.7 Å². The Morgan fingerprint density at radius 2 is 1.35 bits per heavy atom. The topological polar surface area (TPSA) is 65.3 Å². The molecule has 0 atom stereocenters. The van der Waals surface area contributed by atoms with Crippen molar-refractivity contribution in [1.82, 2.24) is 19.5 Å². The lowest BCUT2D eigenvalue weighted by Crippen LogP contribution is -2.22. The molecule has 7 nitrogen and oxygen atoms in total. The Morgan fingerprint density at radius 1 is 0.739 bits per heavy atom. The number of imidazole rings is 1. The smallest absolute Gasteiger partial charge is 0.134 e. The molecule has 3 heterocycles. The van der Waals surface area contributed by atoms with E-state index in [4.69, 9.17) is 26.1 Å². The number of benzene rings is 3. The van der Waals surface area contributed by atoms with Crippen LogP contribution in [0, 0.1) is 5.92 Å².